The lowest BCUT2D eigenvalue weighted by molar-refractivity contribution is -0.137. The maximum atomic E-state index is 13.2. The molecule has 9 heteroatoms. The molecule has 2 aliphatic heterocycles. The lowest BCUT2D eigenvalue weighted by Crippen LogP contribution is -2.53. The number of benzene rings is 2. The number of hydrogen-bond acceptors (Lipinski definition) is 6. The Labute approximate surface area is 192 Å². The van der Waals surface area contributed by atoms with Crippen molar-refractivity contribution in [3.05, 3.63) is 54.6 Å². The van der Waals surface area contributed by atoms with Crippen LogP contribution in [0.15, 0.2) is 59.5 Å². The van der Waals surface area contributed by atoms with Crippen LogP contribution in [-0.2, 0) is 14.8 Å². The number of amides is 1. The molecule has 1 atom stereocenters. The minimum Gasteiger partial charge on any atom is -0.347 e. The van der Waals surface area contributed by atoms with E-state index in [0.29, 0.717) is 37.6 Å². The van der Waals surface area contributed by atoms with E-state index < -0.39 is 10.0 Å². The van der Waals surface area contributed by atoms with Gasteiger partial charge < -0.3 is 9.80 Å². The molecule has 0 N–H and O–H groups in total. The van der Waals surface area contributed by atoms with Gasteiger partial charge in [-0.05, 0) is 37.1 Å². The van der Waals surface area contributed by atoms with E-state index in [1.54, 1.807) is 41.7 Å². The number of thiazole rings is 1. The maximum Gasteiger partial charge on any atom is 0.243 e. The Hall–Kier alpha value is -2.49. The van der Waals surface area contributed by atoms with Crippen LogP contribution in [0.3, 0.4) is 0 Å². The molecule has 2 saturated heterocycles. The van der Waals surface area contributed by atoms with Crippen LogP contribution in [0.25, 0.3) is 10.2 Å². The summed E-state index contributed by atoms with van der Waals surface area (Å²) >= 11 is 1.67. The van der Waals surface area contributed by atoms with E-state index in [9.17, 15) is 13.2 Å². The summed E-state index contributed by atoms with van der Waals surface area (Å²) in [5.74, 6) is 0.0561. The first-order valence-electron chi connectivity index (χ1n) is 11.0. The third kappa shape index (κ3) is 4.12. The molecule has 0 aliphatic carbocycles. The molecule has 2 fully saturated rings. The highest BCUT2D eigenvalue weighted by Gasteiger charge is 2.34. The number of nitrogens with zero attached hydrogens (tertiary/aromatic N) is 4. The van der Waals surface area contributed by atoms with Crippen LogP contribution < -0.4 is 4.90 Å². The van der Waals surface area contributed by atoms with Crippen molar-refractivity contribution in [3.8, 4) is 0 Å². The zero-order valence-corrected chi connectivity index (χ0v) is 19.4. The fourth-order valence-electron chi connectivity index (χ4n) is 4.50. The smallest absolute Gasteiger partial charge is 0.243 e. The Balaban J connectivity index is 1.22. The number of sulfonamides is 1. The van der Waals surface area contributed by atoms with Gasteiger partial charge in [0, 0.05) is 39.3 Å². The van der Waals surface area contributed by atoms with Gasteiger partial charge in [-0.15, -0.1) is 0 Å². The largest absolute Gasteiger partial charge is 0.347 e. The van der Waals surface area contributed by atoms with Gasteiger partial charge in [-0.1, -0.05) is 41.7 Å². The van der Waals surface area contributed by atoms with Crippen molar-refractivity contribution in [1.82, 2.24) is 14.2 Å². The van der Waals surface area contributed by atoms with E-state index >= 15 is 0 Å². The van der Waals surface area contributed by atoms with E-state index in [-0.39, 0.29) is 11.8 Å². The molecule has 0 bridgehead atoms. The van der Waals surface area contributed by atoms with E-state index in [2.05, 4.69) is 11.0 Å². The fourth-order valence-corrected chi connectivity index (χ4v) is 6.94. The number of anilines is 1. The first-order valence-corrected chi connectivity index (χ1v) is 13.2. The molecule has 3 heterocycles. The van der Waals surface area contributed by atoms with E-state index in [4.69, 9.17) is 4.98 Å². The van der Waals surface area contributed by atoms with Gasteiger partial charge >= 0.3 is 0 Å². The molecule has 32 heavy (non-hydrogen) atoms. The number of hydrogen-bond donors (Lipinski definition) is 0. The summed E-state index contributed by atoms with van der Waals surface area (Å²) in [4.78, 5) is 22.4. The molecule has 3 aromatic rings. The van der Waals surface area contributed by atoms with Crippen LogP contribution in [0, 0.1) is 5.92 Å². The maximum absolute atomic E-state index is 13.2. The lowest BCUT2D eigenvalue weighted by atomic mass is 9.96. The van der Waals surface area contributed by atoms with Crippen LogP contribution in [0.5, 0.6) is 0 Å². The summed E-state index contributed by atoms with van der Waals surface area (Å²) in [6.45, 7) is 3.10. The van der Waals surface area contributed by atoms with Crippen molar-refractivity contribution < 1.29 is 13.2 Å². The Morgan fingerprint density at radius 3 is 2.41 bits per heavy atom. The molecular formula is C23H26N4O3S2. The number of piperazine rings is 1. The van der Waals surface area contributed by atoms with Gasteiger partial charge in [0.2, 0.25) is 15.9 Å². The van der Waals surface area contributed by atoms with Gasteiger partial charge in [-0.3, -0.25) is 4.79 Å². The van der Waals surface area contributed by atoms with Gasteiger partial charge in [0.05, 0.1) is 21.0 Å². The summed E-state index contributed by atoms with van der Waals surface area (Å²) in [5, 5.41) is 0.975. The average Bonchev–Trinajstić information content (AvgIpc) is 3.29. The van der Waals surface area contributed by atoms with Crippen molar-refractivity contribution >= 4 is 42.6 Å². The number of aromatic nitrogens is 1. The van der Waals surface area contributed by atoms with Crippen molar-refractivity contribution in [2.45, 2.75) is 17.7 Å². The average molecular weight is 471 g/mol. The molecule has 1 amide bonds. The summed E-state index contributed by atoms with van der Waals surface area (Å²) in [6, 6.07) is 16.6. The normalized spacial score (nSPS) is 20.6. The van der Waals surface area contributed by atoms with Crippen molar-refractivity contribution in [1.29, 1.82) is 0 Å². The molecule has 2 aliphatic rings. The fraction of sp³-hybridized carbons (Fsp3) is 0.391. The third-order valence-electron chi connectivity index (χ3n) is 6.26. The first kappa shape index (κ1) is 21.4. The lowest BCUT2D eigenvalue weighted by Gasteiger charge is -2.38. The van der Waals surface area contributed by atoms with Crippen molar-refractivity contribution in [3.63, 3.8) is 0 Å². The molecule has 1 aromatic heterocycles. The molecule has 5 rings (SSSR count). The minimum atomic E-state index is -3.51. The number of rotatable bonds is 4. The summed E-state index contributed by atoms with van der Waals surface area (Å²) in [5.41, 5.74) is 0.997. The molecule has 2 aromatic carbocycles. The first-order chi connectivity index (χ1) is 15.5. The SMILES string of the molecule is O=C([C@H]1CCCN(c2nc3ccccc3s2)C1)N1CCN(S(=O)(=O)c2ccccc2)CC1. The zero-order valence-electron chi connectivity index (χ0n) is 17.8. The topological polar surface area (TPSA) is 73.8 Å². The molecule has 0 spiro atoms. The van der Waals surface area contributed by atoms with E-state index in [1.807, 2.05) is 23.1 Å². The van der Waals surface area contributed by atoms with Crippen LogP contribution in [0.2, 0.25) is 0 Å². The summed E-state index contributed by atoms with van der Waals surface area (Å²) in [6.07, 6.45) is 1.82. The third-order valence-corrected chi connectivity index (χ3v) is 9.27. The second-order valence-electron chi connectivity index (χ2n) is 8.29. The molecule has 0 radical (unpaired) electrons. The second kappa shape index (κ2) is 8.80. The van der Waals surface area contributed by atoms with Crippen LogP contribution in [0.1, 0.15) is 12.8 Å². The van der Waals surface area contributed by atoms with E-state index in [1.165, 1.54) is 4.31 Å². The van der Waals surface area contributed by atoms with E-state index in [0.717, 1.165) is 34.7 Å². The number of piperidine rings is 1. The minimum absolute atomic E-state index is 0.0759. The Bertz CT molecular complexity index is 1170. The second-order valence-corrected chi connectivity index (χ2v) is 11.2. The Kier molecular flexibility index (Phi) is 5.88. The molecular weight excluding hydrogens is 444 g/mol. The highest BCUT2D eigenvalue weighted by molar-refractivity contribution is 7.89. The predicted molar refractivity (Wildman–Crippen MR) is 126 cm³/mol. The quantitative estimate of drug-likeness (QED) is 0.586. The van der Waals surface area contributed by atoms with Gasteiger partial charge in [0.1, 0.15) is 0 Å². The van der Waals surface area contributed by atoms with Crippen molar-refractivity contribution in [2.75, 3.05) is 44.2 Å². The molecule has 0 unspecified atom stereocenters. The Morgan fingerprint density at radius 1 is 0.938 bits per heavy atom. The highest BCUT2D eigenvalue weighted by Crippen LogP contribution is 2.32. The predicted octanol–water partition coefficient (Wildman–Crippen LogP) is 3.05. The van der Waals surface area contributed by atoms with Gasteiger partial charge in [-0.25, -0.2) is 13.4 Å². The number of carbonyl (C=O) groups is 1. The summed E-state index contributed by atoms with van der Waals surface area (Å²) in [7, 11) is -3.51. The van der Waals surface area contributed by atoms with Gasteiger partial charge in [0.25, 0.3) is 0 Å². The standard InChI is InChI=1S/C23H26N4O3S2/c28-22(25-13-15-27(16-14-25)32(29,30)19-8-2-1-3-9-19)18-7-6-12-26(17-18)23-24-20-10-4-5-11-21(20)31-23/h1-5,8-11,18H,6-7,12-17H2/t18-/m0/s1. The summed E-state index contributed by atoms with van der Waals surface area (Å²) < 4.78 is 28.3. The monoisotopic (exact) mass is 470 g/mol. The molecule has 168 valence electrons. The van der Waals surface area contributed by atoms with Gasteiger partial charge in [0.15, 0.2) is 5.13 Å². The van der Waals surface area contributed by atoms with Crippen molar-refractivity contribution in [2.24, 2.45) is 5.92 Å². The number of carbonyl (C=O) groups excluding carboxylic acids is 1. The number of para-hydroxylation sites is 1. The van der Waals surface area contributed by atoms with Gasteiger partial charge in [-0.2, -0.15) is 4.31 Å². The molecule has 0 saturated carbocycles. The van der Waals surface area contributed by atoms with Crippen LogP contribution >= 0.6 is 11.3 Å². The highest BCUT2D eigenvalue weighted by atomic mass is 32.2. The van der Waals surface area contributed by atoms with Crippen LogP contribution in [0.4, 0.5) is 5.13 Å². The Morgan fingerprint density at radius 2 is 1.66 bits per heavy atom. The van der Waals surface area contributed by atoms with Crippen LogP contribution in [-0.4, -0.2) is 67.8 Å². The zero-order chi connectivity index (χ0) is 22.1. The molecule has 7 nitrogen and oxygen atoms in total. The number of fused-ring (bicyclic) bond motifs is 1.